The lowest BCUT2D eigenvalue weighted by Crippen LogP contribution is -2.26. The van der Waals surface area contributed by atoms with Crippen molar-refractivity contribution < 1.29 is 12.8 Å². The van der Waals surface area contributed by atoms with Crippen LogP contribution in [0, 0.1) is 5.82 Å². The van der Waals surface area contributed by atoms with Gasteiger partial charge in [0.2, 0.25) is 10.0 Å². The number of nitrogens with one attached hydrogen (secondary N) is 1. The van der Waals surface area contributed by atoms with Crippen LogP contribution in [-0.4, -0.2) is 24.7 Å². The van der Waals surface area contributed by atoms with E-state index < -0.39 is 15.8 Å². The fraction of sp³-hybridized carbons (Fsp3) is 0.167. The first kappa shape index (κ1) is 18.6. The van der Waals surface area contributed by atoms with E-state index >= 15 is 0 Å². The van der Waals surface area contributed by atoms with E-state index in [0.717, 1.165) is 29.0 Å². The van der Waals surface area contributed by atoms with Crippen LogP contribution in [0.25, 0.3) is 11.3 Å². The summed E-state index contributed by atoms with van der Waals surface area (Å²) in [5, 5.41) is 3.92. The first-order valence-electron chi connectivity index (χ1n) is 7.89. The van der Waals surface area contributed by atoms with Gasteiger partial charge in [0.1, 0.15) is 5.82 Å². The molecule has 8 heteroatoms. The van der Waals surface area contributed by atoms with Gasteiger partial charge in [-0.05, 0) is 41.8 Å². The smallest absolute Gasteiger partial charge is 0.240 e. The molecule has 136 valence electrons. The lowest BCUT2D eigenvalue weighted by molar-refractivity contribution is 0.580. The second-order valence-electron chi connectivity index (χ2n) is 5.76. The van der Waals surface area contributed by atoms with Crippen LogP contribution in [0.4, 0.5) is 4.39 Å². The number of sulfonamides is 1. The zero-order valence-corrected chi connectivity index (χ0v) is 15.6. The first-order valence-corrected chi connectivity index (χ1v) is 9.75. The summed E-state index contributed by atoms with van der Waals surface area (Å²) in [5.41, 5.74) is 3.04. The Hall–Kier alpha value is -2.22. The van der Waals surface area contributed by atoms with Gasteiger partial charge in [0.05, 0.1) is 15.6 Å². The van der Waals surface area contributed by atoms with Crippen molar-refractivity contribution in [3.05, 3.63) is 71.1 Å². The number of halogens is 2. The van der Waals surface area contributed by atoms with Crippen molar-refractivity contribution in [1.29, 1.82) is 0 Å². The number of aromatic nitrogens is 2. The van der Waals surface area contributed by atoms with Gasteiger partial charge in [0.15, 0.2) is 0 Å². The standard InChI is InChI=1S/C18H17ClFN3O2S/c1-23-18(9-10-21-23)14-4-2-13(3-5-14)8-11-22-26(24,25)15-6-7-17(20)16(19)12-15/h2-7,9-10,12,22H,8,11H2,1H3. The van der Waals surface area contributed by atoms with Gasteiger partial charge in [-0.3, -0.25) is 4.68 Å². The molecule has 1 aromatic heterocycles. The predicted octanol–water partition coefficient (Wildman–Crippen LogP) is 3.40. The molecule has 3 rings (SSSR count). The number of hydrogen-bond donors (Lipinski definition) is 1. The van der Waals surface area contributed by atoms with E-state index in [1.54, 1.807) is 10.9 Å². The Morgan fingerprint density at radius 3 is 2.50 bits per heavy atom. The number of rotatable bonds is 6. The average Bonchev–Trinajstić information content (AvgIpc) is 3.04. The van der Waals surface area contributed by atoms with Crippen LogP contribution in [0.5, 0.6) is 0 Å². The molecule has 5 nitrogen and oxygen atoms in total. The highest BCUT2D eigenvalue weighted by molar-refractivity contribution is 7.89. The molecular formula is C18H17ClFN3O2S. The Labute approximate surface area is 156 Å². The molecule has 1 N–H and O–H groups in total. The van der Waals surface area contributed by atoms with E-state index in [2.05, 4.69) is 9.82 Å². The molecule has 26 heavy (non-hydrogen) atoms. The minimum absolute atomic E-state index is 0.0598. The normalized spacial score (nSPS) is 11.7. The number of benzene rings is 2. The molecule has 3 aromatic rings. The summed E-state index contributed by atoms with van der Waals surface area (Å²) >= 11 is 5.64. The highest BCUT2D eigenvalue weighted by Gasteiger charge is 2.15. The maximum Gasteiger partial charge on any atom is 0.240 e. The lowest BCUT2D eigenvalue weighted by Gasteiger charge is -2.08. The molecule has 0 aliphatic carbocycles. The zero-order chi connectivity index (χ0) is 18.7. The van der Waals surface area contributed by atoms with Crippen LogP contribution in [0.2, 0.25) is 5.02 Å². The fourth-order valence-electron chi connectivity index (χ4n) is 2.56. The van der Waals surface area contributed by atoms with Crippen molar-refractivity contribution >= 4 is 21.6 Å². The molecule has 0 saturated heterocycles. The summed E-state index contributed by atoms with van der Waals surface area (Å²) in [6.07, 6.45) is 2.26. The molecule has 0 bridgehead atoms. The predicted molar refractivity (Wildman–Crippen MR) is 98.9 cm³/mol. The topological polar surface area (TPSA) is 64.0 Å². The van der Waals surface area contributed by atoms with Crippen molar-refractivity contribution in [2.24, 2.45) is 7.05 Å². The molecule has 0 unspecified atom stereocenters. The van der Waals surface area contributed by atoms with Crippen LogP contribution in [0.3, 0.4) is 0 Å². The first-order chi connectivity index (χ1) is 12.4. The van der Waals surface area contributed by atoms with Crippen molar-refractivity contribution in [2.75, 3.05) is 6.54 Å². The number of nitrogens with zero attached hydrogens (tertiary/aromatic N) is 2. The van der Waals surface area contributed by atoms with Gasteiger partial charge >= 0.3 is 0 Å². The van der Waals surface area contributed by atoms with Gasteiger partial charge in [0, 0.05) is 19.8 Å². The summed E-state index contributed by atoms with van der Waals surface area (Å²) in [4.78, 5) is -0.0598. The summed E-state index contributed by atoms with van der Waals surface area (Å²) in [7, 11) is -1.86. The highest BCUT2D eigenvalue weighted by Crippen LogP contribution is 2.20. The third-order valence-electron chi connectivity index (χ3n) is 3.98. The number of hydrogen-bond acceptors (Lipinski definition) is 3. The van der Waals surface area contributed by atoms with Crippen molar-refractivity contribution in [2.45, 2.75) is 11.3 Å². The van der Waals surface area contributed by atoms with E-state index in [0.29, 0.717) is 6.42 Å². The highest BCUT2D eigenvalue weighted by atomic mass is 35.5. The van der Waals surface area contributed by atoms with E-state index in [1.165, 1.54) is 6.07 Å². The molecule has 2 aromatic carbocycles. The Morgan fingerprint density at radius 1 is 1.15 bits per heavy atom. The fourth-order valence-corrected chi connectivity index (χ4v) is 3.86. The van der Waals surface area contributed by atoms with Crippen LogP contribution in [0.1, 0.15) is 5.56 Å². The monoisotopic (exact) mass is 393 g/mol. The van der Waals surface area contributed by atoms with Crippen molar-refractivity contribution in [3.8, 4) is 11.3 Å². The number of aryl methyl sites for hydroxylation is 1. The van der Waals surface area contributed by atoms with Crippen LogP contribution in [-0.2, 0) is 23.5 Å². The zero-order valence-electron chi connectivity index (χ0n) is 14.0. The van der Waals surface area contributed by atoms with Gasteiger partial charge in [-0.2, -0.15) is 5.10 Å². The Balaban J connectivity index is 1.62. The minimum Gasteiger partial charge on any atom is -0.268 e. The summed E-state index contributed by atoms with van der Waals surface area (Å²) in [6, 6.07) is 13.1. The van der Waals surface area contributed by atoms with Crippen LogP contribution < -0.4 is 4.72 Å². The van der Waals surface area contributed by atoms with E-state index in [1.807, 2.05) is 37.4 Å². The van der Waals surface area contributed by atoms with Crippen LogP contribution >= 0.6 is 11.6 Å². The molecule has 1 heterocycles. The summed E-state index contributed by atoms with van der Waals surface area (Å²) in [5.74, 6) is -0.654. The van der Waals surface area contributed by atoms with Gasteiger partial charge in [-0.15, -0.1) is 0 Å². The maximum atomic E-state index is 13.2. The van der Waals surface area contributed by atoms with Crippen LogP contribution in [0.15, 0.2) is 59.6 Å². The third-order valence-corrected chi connectivity index (χ3v) is 5.73. The molecule has 0 amide bonds. The Morgan fingerprint density at radius 2 is 1.88 bits per heavy atom. The van der Waals surface area contributed by atoms with Crippen molar-refractivity contribution in [1.82, 2.24) is 14.5 Å². The quantitative estimate of drug-likeness (QED) is 0.698. The maximum absolute atomic E-state index is 13.2. The van der Waals surface area contributed by atoms with Crippen molar-refractivity contribution in [3.63, 3.8) is 0 Å². The second-order valence-corrected chi connectivity index (χ2v) is 7.93. The Kier molecular flexibility index (Phi) is 5.41. The third kappa shape index (κ3) is 4.12. The van der Waals surface area contributed by atoms with E-state index in [4.69, 9.17) is 11.6 Å². The van der Waals surface area contributed by atoms with Gasteiger partial charge < -0.3 is 0 Å². The molecule has 0 radical (unpaired) electrons. The molecule has 0 spiro atoms. The molecular weight excluding hydrogens is 377 g/mol. The van der Waals surface area contributed by atoms with E-state index in [9.17, 15) is 12.8 Å². The SMILES string of the molecule is Cn1nccc1-c1ccc(CCNS(=O)(=O)c2ccc(F)c(Cl)c2)cc1. The molecule has 0 atom stereocenters. The van der Waals surface area contributed by atoms with Gasteiger partial charge in [-0.25, -0.2) is 17.5 Å². The molecule has 0 aliphatic rings. The molecule has 0 saturated carbocycles. The molecule has 0 fully saturated rings. The minimum atomic E-state index is -3.73. The van der Waals surface area contributed by atoms with Gasteiger partial charge in [0.25, 0.3) is 0 Å². The van der Waals surface area contributed by atoms with Gasteiger partial charge in [-0.1, -0.05) is 35.9 Å². The summed E-state index contributed by atoms with van der Waals surface area (Å²) in [6.45, 7) is 0.225. The Bertz CT molecular complexity index is 1020. The molecule has 0 aliphatic heterocycles. The largest absolute Gasteiger partial charge is 0.268 e. The average molecular weight is 394 g/mol. The second kappa shape index (κ2) is 7.57. The van der Waals surface area contributed by atoms with E-state index in [-0.39, 0.29) is 16.5 Å². The summed E-state index contributed by atoms with van der Waals surface area (Å²) < 4.78 is 41.9. The lowest BCUT2D eigenvalue weighted by atomic mass is 10.1.